The van der Waals surface area contributed by atoms with E-state index in [9.17, 15) is 9.90 Å². The van der Waals surface area contributed by atoms with Crippen LogP contribution in [0.2, 0.25) is 5.02 Å². The second-order valence-corrected chi connectivity index (χ2v) is 6.82. The fourth-order valence-corrected chi connectivity index (χ4v) is 3.39. The van der Waals surface area contributed by atoms with Crippen LogP contribution in [0, 0.1) is 0 Å². The summed E-state index contributed by atoms with van der Waals surface area (Å²) in [7, 11) is 0. The Morgan fingerprint density at radius 3 is 2.37 bits per heavy atom. The molecule has 0 bridgehead atoms. The standard InChI is InChI=1S/C20H18ClN3O3/c21-17-18(13-11-15(25)12-13)23-24(14-7-3-1-4-8-14)19(17)22-20(26)27-16-9-5-2-6-10-16/h1-10,13,15,25H,11-12H2,(H,22,26). The summed E-state index contributed by atoms with van der Waals surface area (Å²) in [5.41, 5.74) is 1.43. The zero-order chi connectivity index (χ0) is 18.8. The fourth-order valence-electron chi connectivity index (χ4n) is 3.07. The average Bonchev–Trinajstić information content (AvgIpc) is 2.97. The van der Waals surface area contributed by atoms with Crippen LogP contribution in [-0.2, 0) is 0 Å². The van der Waals surface area contributed by atoms with Gasteiger partial charge in [-0.3, -0.25) is 5.32 Å². The van der Waals surface area contributed by atoms with Crippen LogP contribution in [0.4, 0.5) is 10.6 Å². The molecule has 138 valence electrons. The van der Waals surface area contributed by atoms with E-state index in [4.69, 9.17) is 16.3 Å². The molecule has 0 unspecified atom stereocenters. The second kappa shape index (κ2) is 7.42. The highest BCUT2D eigenvalue weighted by Gasteiger charge is 2.34. The minimum Gasteiger partial charge on any atom is -0.410 e. The molecule has 6 nitrogen and oxygen atoms in total. The Morgan fingerprint density at radius 1 is 1.11 bits per heavy atom. The first-order valence-corrected chi connectivity index (χ1v) is 9.05. The summed E-state index contributed by atoms with van der Waals surface area (Å²) in [6, 6.07) is 18.2. The van der Waals surface area contributed by atoms with Crippen molar-refractivity contribution >= 4 is 23.5 Å². The van der Waals surface area contributed by atoms with Gasteiger partial charge in [0.05, 0.1) is 17.5 Å². The molecule has 0 saturated heterocycles. The third-order valence-corrected chi connectivity index (χ3v) is 4.90. The number of rotatable bonds is 4. The van der Waals surface area contributed by atoms with E-state index in [-0.39, 0.29) is 12.0 Å². The number of para-hydroxylation sites is 2. The van der Waals surface area contributed by atoms with E-state index >= 15 is 0 Å². The van der Waals surface area contributed by atoms with Gasteiger partial charge in [0.25, 0.3) is 0 Å². The Bertz CT molecular complexity index is 938. The zero-order valence-electron chi connectivity index (χ0n) is 14.4. The van der Waals surface area contributed by atoms with Gasteiger partial charge in [-0.2, -0.15) is 5.10 Å². The molecule has 1 saturated carbocycles. The molecule has 3 aromatic rings. The van der Waals surface area contributed by atoms with Crippen LogP contribution in [0.25, 0.3) is 5.69 Å². The van der Waals surface area contributed by atoms with Crippen molar-refractivity contribution in [3.05, 3.63) is 71.4 Å². The molecule has 4 rings (SSSR count). The number of aliphatic hydroxyl groups is 1. The number of nitrogens with zero attached hydrogens (tertiary/aromatic N) is 2. The van der Waals surface area contributed by atoms with Gasteiger partial charge in [-0.05, 0) is 37.1 Å². The molecule has 1 aliphatic rings. The van der Waals surface area contributed by atoms with Crippen LogP contribution in [0.15, 0.2) is 60.7 Å². The SMILES string of the molecule is O=C(Nc1c(Cl)c(C2CC(O)C2)nn1-c1ccccc1)Oc1ccccc1. The molecule has 1 amide bonds. The van der Waals surface area contributed by atoms with Gasteiger partial charge in [0.2, 0.25) is 0 Å². The van der Waals surface area contributed by atoms with Crippen LogP contribution < -0.4 is 10.1 Å². The Kier molecular flexibility index (Phi) is 4.83. The Balaban J connectivity index is 1.64. The van der Waals surface area contributed by atoms with Gasteiger partial charge in [-0.25, -0.2) is 9.48 Å². The van der Waals surface area contributed by atoms with Crippen LogP contribution in [0.1, 0.15) is 24.5 Å². The third kappa shape index (κ3) is 3.67. The molecule has 1 aromatic heterocycles. The van der Waals surface area contributed by atoms with Crippen molar-refractivity contribution in [1.29, 1.82) is 0 Å². The van der Waals surface area contributed by atoms with Gasteiger partial charge in [0.15, 0.2) is 5.82 Å². The summed E-state index contributed by atoms with van der Waals surface area (Å²) in [5.74, 6) is 0.850. The number of anilines is 1. The van der Waals surface area contributed by atoms with Gasteiger partial charge in [-0.15, -0.1) is 0 Å². The lowest BCUT2D eigenvalue weighted by Gasteiger charge is -2.29. The normalized spacial score (nSPS) is 18.6. The van der Waals surface area contributed by atoms with Crippen molar-refractivity contribution in [1.82, 2.24) is 9.78 Å². The summed E-state index contributed by atoms with van der Waals surface area (Å²) >= 11 is 6.55. The van der Waals surface area contributed by atoms with Gasteiger partial charge in [0, 0.05) is 5.92 Å². The number of ether oxygens (including phenoxy) is 1. The third-order valence-electron chi connectivity index (χ3n) is 4.53. The van der Waals surface area contributed by atoms with Crippen LogP contribution >= 0.6 is 11.6 Å². The van der Waals surface area contributed by atoms with Gasteiger partial charge in [-0.1, -0.05) is 48.0 Å². The van der Waals surface area contributed by atoms with Gasteiger partial charge in [0.1, 0.15) is 10.8 Å². The molecule has 2 N–H and O–H groups in total. The maximum Gasteiger partial charge on any atom is 0.418 e. The molecule has 0 spiro atoms. The number of benzene rings is 2. The van der Waals surface area contributed by atoms with E-state index < -0.39 is 6.09 Å². The molecule has 0 aliphatic heterocycles. The van der Waals surface area contributed by atoms with E-state index in [1.54, 1.807) is 28.9 Å². The van der Waals surface area contributed by atoms with Crippen molar-refractivity contribution in [3.8, 4) is 11.4 Å². The first-order valence-electron chi connectivity index (χ1n) is 8.67. The number of nitrogens with one attached hydrogen (secondary N) is 1. The molecule has 7 heteroatoms. The van der Waals surface area contributed by atoms with Crippen LogP contribution in [0.5, 0.6) is 5.75 Å². The van der Waals surface area contributed by atoms with Gasteiger partial charge >= 0.3 is 6.09 Å². The van der Waals surface area contributed by atoms with Crippen molar-refractivity contribution in [2.24, 2.45) is 0 Å². The van der Waals surface area contributed by atoms with E-state index in [0.29, 0.717) is 35.1 Å². The maximum atomic E-state index is 12.4. The molecule has 2 aromatic carbocycles. The number of aromatic nitrogens is 2. The molecule has 1 heterocycles. The van der Waals surface area contributed by atoms with Gasteiger partial charge < -0.3 is 9.84 Å². The quantitative estimate of drug-likeness (QED) is 0.701. The number of halogens is 1. The summed E-state index contributed by atoms with van der Waals surface area (Å²) < 4.78 is 6.89. The van der Waals surface area contributed by atoms with Crippen LogP contribution in [-0.4, -0.2) is 27.1 Å². The molecule has 1 fully saturated rings. The topological polar surface area (TPSA) is 76.4 Å². The maximum absolute atomic E-state index is 12.4. The Hall–Kier alpha value is -2.83. The van der Waals surface area contributed by atoms with Crippen molar-refractivity contribution < 1.29 is 14.6 Å². The number of amides is 1. The second-order valence-electron chi connectivity index (χ2n) is 6.44. The van der Waals surface area contributed by atoms with E-state index in [0.717, 1.165) is 5.69 Å². The number of hydrogen-bond donors (Lipinski definition) is 2. The van der Waals surface area contributed by atoms with Crippen molar-refractivity contribution in [2.75, 3.05) is 5.32 Å². The Morgan fingerprint density at radius 2 is 1.74 bits per heavy atom. The zero-order valence-corrected chi connectivity index (χ0v) is 15.1. The van der Waals surface area contributed by atoms with Crippen molar-refractivity contribution in [3.63, 3.8) is 0 Å². The van der Waals surface area contributed by atoms with Crippen molar-refractivity contribution in [2.45, 2.75) is 24.9 Å². The van der Waals surface area contributed by atoms with E-state index in [1.807, 2.05) is 36.4 Å². The lowest BCUT2D eigenvalue weighted by Crippen LogP contribution is -2.27. The molecule has 27 heavy (non-hydrogen) atoms. The summed E-state index contributed by atoms with van der Waals surface area (Å²) in [4.78, 5) is 12.4. The smallest absolute Gasteiger partial charge is 0.410 e. The van der Waals surface area contributed by atoms with Crippen LogP contribution in [0.3, 0.4) is 0 Å². The largest absolute Gasteiger partial charge is 0.418 e. The number of carbonyl (C=O) groups excluding carboxylic acids is 1. The number of aliphatic hydroxyl groups excluding tert-OH is 1. The fraction of sp³-hybridized carbons (Fsp3) is 0.200. The molecular weight excluding hydrogens is 366 g/mol. The predicted molar refractivity (Wildman–Crippen MR) is 103 cm³/mol. The molecule has 0 radical (unpaired) electrons. The molecule has 0 atom stereocenters. The minimum atomic E-state index is -0.652. The van der Waals surface area contributed by atoms with E-state index in [2.05, 4.69) is 10.4 Å². The molecular formula is C20H18ClN3O3. The lowest BCUT2D eigenvalue weighted by molar-refractivity contribution is 0.0731. The predicted octanol–water partition coefficient (Wildman–Crippen LogP) is 4.37. The first-order chi connectivity index (χ1) is 13.1. The highest BCUT2D eigenvalue weighted by Crippen LogP contribution is 2.42. The average molecular weight is 384 g/mol. The summed E-state index contributed by atoms with van der Waals surface area (Å²) in [6.45, 7) is 0. The van der Waals surface area contributed by atoms with E-state index in [1.165, 1.54) is 0 Å². The minimum absolute atomic E-state index is 0.0724. The monoisotopic (exact) mass is 383 g/mol. The summed E-state index contributed by atoms with van der Waals surface area (Å²) in [5, 5.41) is 17.3. The molecule has 1 aliphatic carbocycles. The lowest BCUT2D eigenvalue weighted by atomic mass is 9.80. The number of carbonyl (C=O) groups is 1. The summed E-state index contributed by atoms with van der Waals surface area (Å²) in [6.07, 6.45) is 0.242. The highest BCUT2D eigenvalue weighted by molar-refractivity contribution is 6.34. The highest BCUT2D eigenvalue weighted by atomic mass is 35.5. The first kappa shape index (κ1) is 17.6. The Labute approximate surface area is 161 Å². The number of hydrogen-bond acceptors (Lipinski definition) is 4.